The van der Waals surface area contributed by atoms with Crippen LogP contribution in [0.2, 0.25) is 0 Å². The lowest BCUT2D eigenvalue weighted by atomic mass is 10.2. The van der Waals surface area contributed by atoms with Gasteiger partial charge >= 0.3 is 6.03 Å². The molecule has 0 fully saturated rings. The monoisotopic (exact) mass is 320 g/mol. The third-order valence-corrected chi connectivity index (χ3v) is 3.33. The Morgan fingerprint density at radius 3 is 3.22 bits per heavy atom. The van der Waals surface area contributed by atoms with Gasteiger partial charge in [-0.15, -0.1) is 0 Å². The summed E-state index contributed by atoms with van der Waals surface area (Å²) in [6.45, 7) is 1.47. The first kappa shape index (κ1) is 15.3. The van der Waals surface area contributed by atoms with E-state index in [4.69, 9.17) is 9.47 Å². The van der Waals surface area contributed by atoms with Crippen molar-refractivity contribution in [2.45, 2.75) is 26.0 Å². The molecule has 0 radical (unpaired) electrons. The number of halogens is 1. The van der Waals surface area contributed by atoms with Crippen molar-refractivity contribution in [3.05, 3.63) is 48.3 Å². The second-order valence-electron chi connectivity index (χ2n) is 5.07. The Bertz CT molecular complexity index is 663. The highest BCUT2D eigenvalue weighted by molar-refractivity contribution is 5.73. The maximum atomic E-state index is 13.1. The predicted octanol–water partition coefficient (Wildman–Crippen LogP) is 1.60. The number of carbonyl (C=O) groups is 1. The van der Waals surface area contributed by atoms with E-state index in [1.54, 1.807) is 12.5 Å². The summed E-state index contributed by atoms with van der Waals surface area (Å²) < 4.78 is 25.8. The summed E-state index contributed by atoms with van der Waals surface area (Å²) in [6, 6.07) is 3.79. The van der Waals surface area contributed by atoms with Crippen LogP contribution < -0.4 is 15.4 Å². The Kier molecular flexibility index (Phi) is 4.72. The number of nitrogens with one attached hydrogen (secondary N) is 2. The highest BCUT2D eigenvalue weighted by Crippen LogP contribution is 2.25. The van der Waals surface area contributed by atoms with Crippen LogP contribution in [0.5, 0.6) is 5.75 Å². The normalized spacial score (nSPS) is 16.3. The second kappa shape index (κ2) is 7.10. The zero-order valence-electron chi connectivity index (χ0n) is 12.4. The molecule has 2 aromatic rings. The summed E-state index contributed by atoms with van der Waals surface area (Å²) in [5.41, 5.74) is 0.615. The molecular formula is C15H17FN4O3. The van der Waals surface area contributed by atoms with E-state index in [0.717, 1.165) is 13.0 Å². The number of amides is 2. The summed E-state index contributed by atoms with van der Waals surface area (Å²) in [7, 11) is 0. The van der Waals surface area contributed by atoms with Gasteiger partial charge in [-0.25, -0.2) is 14.2 Å². The van der Waals surface area contributed by atoms with Crippen LogP contribution in [0.1, 0.15) is 12.0 Å². The van der Waals surface area contributed by atoms with Gasteiger partial charge < -0.3 is 19.4 Å². The van der Waals surface area contributed by atoms with Crippen LogP contribution in [-0.2, 0) is 17.9 Å². The summed E-state index contributed by atoms with van der Waals surface area (Å²) in [5, 5.41) is 5.28. The molecule has 1 aliphatic heterocycles. The minimum absolute atomic E-state index is 0.179. The fourth-order valence-corrected chi connectivity index (χ4v) is 2.20. The van der Waals surface area contributed by atoms with E-state index < -0.39 is 6.41 Å². The van der Waals surface area contributed by atoms with Crippen LogP contribution in [0.3, 0.4) is 0 Å². The molecule has 2 amide bonds. The van der Waals surface area contributed by atoms with Gasteiger partial charge in [0.2, 0.25) is 0 Å². The van der Waals surface area contributed by atoms with Crippen LogP contribution in [0.4, 0.5) is 9.18 Å². The topological polar surface area (TPSA) is 77.4 Å². The molecule has 7 nitrogen and oxygen atoms in total. The van der Waals surface area contributed by atoms with Gasteiger partial charge in [0, 0.05) is 31.0 Å². The standard InChI is InChI=1S/C15H17FN4O3/c16-12-2-3-13-11(8-12)9-22-15(23-13)19-14(21)18-4-1-6-20-7-5-17-10-20/h2-3,5,7-8,10,15H,1,4,6,9H2,(H2,18,19,21). The zero-order valence-corrected chi connectivity index (χ0v) is 12.4. The Morgan fingerprint density at radius 2 is 2.39 bits per heavy atom. The lowest BCUT2D eigenvalue weighted by molar-refractivity contribution is -0.119. The van der Waals surface area contributed by atoms with E-state index in [0.29, 0.717) is 17.9 Å². The molecule has 3 rings (SSSR count). The number of ether oxygens (including phenoxy) is 2. The minimum Gasteiger partial charge on any atom is -0.446 e. The van der Waals surface area contributed by atoms with Gasteiger partial charge in [-0.1, -0.05) is 0 Å². The first-order valence-corrected chi connectivity index (χ1v) is 7.27. The molecule has 0 saturated heterocycles. The summed E-state index contributed by atoms with van der Waals surface area (Å²) >= 11 is 0. The fourth-order valence-electron chi connectivity index (χ4n) is 2.20. The number of rotatable bonds is 5. The van der Waals surface area contributed by atoms with Crippen molar-refractivity contribution in [1.82, 2.24) is 20.2 Å². The molecule has 1 aliphatic rings. The van der Waals surface area contributed by atoms with Gasteiger partial charge in [0.15, 0.2) is 0 Å². The van der Waals surface area contributed by atoms with Crippen LogP contribution in [0.15, 0.2) is 36.9 Å². The van der Waals surface area contributed by atoms with E-state index in [1.807, 2.05) is 10.8 Å². The fraction of sp³-hybridized carbons (Fsp3) is 0.333. The number of urea groups is 1. The number of hydrogen-bond acceptors (Lipinski definition) is 4. The molecule has 0 saturated carbocycles. The molecule has 1 aromatic heterocycles. The molecule has 1 aromatic carbocycles. The molecule has 1 unspecified atom stereocenters. The van der Waals surface area contributed by atoms with Crippen LogP contribution in [0.25, 0.3) is 0 Å². The molecule has 8 heteroatoms. The Balaban J connectivity index is 1.39. The van der Waals surface area contributed by atoms with Crippen LogP contribution in [-0.4, -0.2) is 28.5 Å². The number of imidazole rings is 1. The van der Waals surface area contributed by atoms with E-state index in [9.17, 15) is 9.18 Å². The van der Waals surface area contributed by atoms with Crippen molar-refractivity contribution in [2.24, 2.45) is 0 Å². The molecule has 122 valence electrons. The number of carbonyl (C=O) groups excluding carboxylic acids is 1. The highest BCUT2D eigenvalue weighted by Gasteiger charge is 2.22. The first-order valence-electron chi connectivity index (χ1n) is 7.27. The maximum absolute atomic E-state index is 13.1. The Hall–Kier alpha value is -2.61. The van der Waals surface area contributed by atoms with Gasteiger partial charge in [0.1, 0.15) is 11.6 Å². The molecule has 0 spiro atoms. The minimum atomic E-state index is -0.887. The highest BCUT2D eigenvalue weighted by atomic mass is 19.1. The van der Waals surface area contributed by atoms with Crippen molar-refractivity contribution >= 4 is 6.03 Å². The average molecular weight is 320 g/mol. The van der Waals surface area contributed by atoms with E-state index >= 15 is 0 Å². The van der Waals surface area contributed by atoms with E-state index in [1.165, 1.54) is 18.2 Å². The molecule has 0 bridgehead atoms. The van der Waals surface area contributed by atoms with Gasteiger partial charge in [0.05, 0.1) is 12.9 Å². The lowest BCUT2D eigenvalue weighted by Gasteiger charge is -2.26. The summed E-state index contributed by atoms with van der Waals surface area (Å²) in [5.74, 6) is 0.154. The molecule has 2 heterocycles. The van der Waals surface area contributed by atoms with Crippen LogP contribution >= 0.6 is 0 Å². The summed E-state index contributed by atoms with van der Waals surface area (Å²) in [4.78, 5) is 15.7. The number of aryl methyl sites for hydroxylation is 1. The molecule has 1 atom stereocenters. The van der Waals surface area contributed by atoms with Crippen molar-refractivity contribution < 1.29 is 18.7 Å². The Morgan fingerprint density at radius 1 is 1.48 bits per heavy atom. The lowest BCUT2D eigenvalue weighted by Crippen LogP contribution is -2.47. The van der Waals surface area contributed by atoms with Crippen molar-refractivity contribution in [3.63, 3.8) is 0 Å². The number of aromatic nitrogens is 2. The van der Waals surface area contributed by atoms with Gasteiger partial charge in [-0.2, -0.15) is 0 Å². The quantitative estimate of drug-likeness (QED) is 0.821. The molecule has 0 aliphatic carbocycles. The van der Waals surface area contributed by atoms with E-state index in [2.05, 4.69) is 15.6 Å². The molecule has 2 N–H and O–H groups in total. The zero-order chi connectivity index (χ0) is 16.1. The smallest absolute Gasteiger partial charge is 0.319 e. The molecule has 23 heavy (non-hydrogen) atoms. The predicted molar refractivity (Wildman–Crippen MR) is 79.0 cm³/mol. The SMILES string of the molecule is O=C(NCCCn1ccnc1)NC1OCc2cc(F)ccc2O1. The number of nitrogens with zero attached hydrogens (tertiary/aromatic N) is 2. The van der Waals surface area contributed by atoms with Gasteiger partial charge in [-0.3, -0.25) is 5.32 Å². The first-order chi connectivity index (χ1) is 11.2. The van der Waals surface area contributed by atoms with E-state index in [-0.39, 0.29) is 18.5 Å². The number of benzene rings is 1. The average Bonchev–Trinajstić information content (AvgIpc) is 3.05. The van der Waals surface area contributed by atoms with Crippen molar-refractivity contribution in [1.29, 1.82) is 0 Å². The van der Waals surface area contributed by atoms with Crippen molar-refractivity contribution in [3.8, 4) is 5.75 Å². The molecular weight excluding hydrogens is 303 g/mol. The third-order valence-electron chi connectivity index (χ3n) is 3.33. The summed E-state index contributed by atoms with van der Waals surface area (Å²) in [6.07, 6.45) is 5.19. The second-order valence-corrected chi connectivity index (χ2v) is 5.07. The largest absolute Gasteiger partial charge is 0.446 e. The van der Waals surface area contributed by atoms with Crippen LogP contribution in [0, 0.1) is 5.82 Å². The number of hydrogen-bond donors (Lipinski definition) is 2. The third kappa shape index (κ3) is 4.19. The maximum Gasteiger partial charge on any atom is 0.319 e. The van der Waals surface area contributed by atoms with Gasteiger partial charge in [-0.05, 0) is 24.6 Å². The van der Waals surface area contributed by atoms with Gasteiger partial charge in [0.25, 0.3) is 6.41 Å². The number of fused-ring (bicyclic) bond motifs is 1. The Labute approximate surface area is 132 Å². The van der Waals surface area contributed by atoms with Crippen molar-refractivity contribution in [2.75, 3.05) is 6.54 Å².